The van der Waals surface area contributed by atoms with Crippen LogP contribution >= 0.6 is 0 Å². The maximum atomic E-state index is 12.2. The summed E-state index contributed by atoms with van der Waals surface area (Å²) >= 11 is 0. The Morgan fingerprint density at radius 1 is 1.29 bits per heavy atom. The van der Waals surface area contributed by atoms with E-state index in [2.05, 4.69) is 5.32 Å². The summed E-state index contributed by atoms with van der Waals surface area (Å²) in [5.41, 5.74) is 6.44. The highest BCUT2D eigenvalue weighted by Gasteiger charge is 2.42. The Morgan fingerprint density at radius 2 is 1.90 bits per heavy atom. The molecule has 114 valence electrons. The molecule has 0 bridgehead atoms. The number of benzene rings is 1. The van der Waals surface area contributed by atoms with E-state index in [0.29, 0.717) is 17.8 Å². The minimum Gasteiger partial charge on any atom is -0.459 e. The van der Waals surface area contributed by atoms with Crippen LogP contribution in [0.3, 0.4) is 0 Å². The van der Waals surface area contributed by atoms with Crippen molar-refractivity contribution in [2.75, 3.05) is 11.9 Å². The fourth-order valence-corrected chi connectivity index (χ4v) is 2.36. The summed E-state index contributed by atoms with van der Waals surface area (Å²) in [7, 11) is 0. The van der Waals surface area contributed by atoms with Gasteiger partial charge in [0.2, 0.25) is 5.91 Å². The molecule has 1 aliphatic carbocycles. The molecule has 1 aromatic rings. The van der Waals surface area contributed by atoms with Crippen molar-refractivity contribution >= 4 is 17.6 Å². The standard InChI is InChI=1S/C16H22N2O3/c1-11(2)21-14(19)12-4-6-13(7-5-12)18-15(20)16(10-17)8-3-9-16/h4-7,11H,3,8-10,17H2,1-2H3,(H,18,20). The SMILES string of the molecule is CC(C)OC(=O)c1ccc(NC(=O)C2(CN)CCC2)cc1. The lowest BCUT2D eigenvalue weighted by Crippen LogP contribution is -2.47. The van der Waals surface area contributed by atoms with E-state index in [1.807, 2.05) is 0 Å². The average Bonchev–Trinajstić information content (AvgIpc) is 2.38. The van der Waals surface area contributed by atoms with Crippen molar-refractivity contribution in [3.8, 4) is 0 Å². The topological polar surface area (TPSA) is 81.4 Å². The van der Waals surface area contributed by atoms with E-state index in [4.69, 9.17) is 10.5 Å². The van der Waals surface area contributed by atoms with Gasteiger partial charge in [0.15, 0.2) is 0 Å². The van der Waals surface area contributed by atoms with E-state index in [1.165, 1.54) is 0 Å². The molecule has 1 saturated carbocycles. The zero-order chi connectivity index (χ0) is 15.5. The van der Waals surface area contributed by atoms with Crippen LogP contribution in [0.15, 0.2) is 24.3 Å². The molecule has 1 fully saturated rings. The molecule has 1 amide bonds. The quantitative estimate of drug-likeness (QED) is 0.815. The van der Waals surface area contributed by atoms with Gasteiger partial charge in [0.25, 0.3) is 0 Å². The molecule has 0 spiro atoms. The van der Waals surface area contributed by atoms with E-state index in [9.17, 15) is 9.59 Å². The number of carbonyl (C=O) groups is 2. The highest BCUT2D eigenvalue weighted by molar-refractivity contribution is 5.97. The van der Waals surface area contributed by atoms with Crippen molar-refractivity contribution in [2.45, 2.75) is 39.2 Å². The Bertz CT molecular complexity index is 513. The Hall–Kier alpha value is -1.88. The van der Waals surface area contributed by atoms with Crippen molar-refractivity contribution in [1.29, 1.82) is 0 Å². The number of nitrogens with one attached hydrogen (secondary N) is 1. The summed E-state index contributed by atoms with van der Waals surface area (Å²) in [5.74, 6) is -0.394. The molecule has 1 aromatic carbocycles. The molecular formula is C16H22N2O3. The Balaban J connectivity index is 1.99. The van der Waals surface area contributed by atoms with Crippen molar-refractivity contribution in [1.82, 2.24) is 0 Å². The zero-order valence-electron chi connectivity index (χ0n) is 12.5. The lowest BCUT2D eigenvalue weighted by Gasteiger charge is -2.39. The lowest BCUT2D eigenvalue weighted by molar-refractivity contribution is -0.129. The molecule has 0 atom stereocenters. The fourth-order valence-electron chi connectivity index (χ4n) is 2.36. The first-order valence-electron chi connectivity index (χ1n) is 7.29. The number of hydrogen-bond donors (Lipinski definition) is 2. The third kappa shape index (κ3) is 3.42. The smallest absolute Gasteiger partial charge is 0.338 e. The molecule has 21 heavy (non-hydrogen) atoms. The van der Waals surface area contributed by atoms with Gasteiger partial charge in [-0.05, 0) is 51.0 Å². The molecule has 0 heterocycles. The zero-order valence-corrected chi connectivity index (χ0v) is 12.5. The van der Waals surface area contributed by atoms with E-state index < -0.39 is 5.41 Å². The third-order valence-corrected chi connectivity index (χ3v) is 3.90. The van der Waals surface area contributed by atoms with Crippen LogP contribution in [0.1, 0.15) is 43.5 Å². The van der Waals surface area contributed by atoms with E-state index in [0.717, 1.165) is 19.3 Å². The predicted molar refractivity (Wildman–Crippen MR) is 81.0 cm³/mol. The van der Waals surface area contributed by atoms with E-state index >= 15 is 0 Å². The summed E-state index contributed by atoms with van der Waals surface area (Å²) in [5, 5.41) is 2.87. The number of carbonyl (C=O) groups excluding carboxylic acids is 2. The number of ether oxygens (including phenoxy) is 1. The van der Waals surface area contributed by atoms with Crippen molar-refractivity contribution in [2.24, 2.45) is 11.1 Å². The summed E-state index contributed by atoms with van der Waals surface area (Å²) in [6.45, 7) is 3.98. The van der Waals surface area contributed by atoms with Gasteiger partial charge in [-0.25, -0.2) is 4.79 Å². The van der Waals surface area contributed by atoms with Crippen molar-refractivity contribution in [3.63, 3.8) is 0 Å². The monoisotopic (exact) mass is 290 g/mol. The van der Waals surface area contributed by atoms with Gasteiger partial charge in [-0.1, -0.05) is 6.42 Å². The van der Waals surface area contributed by atoms with Crippen molar-refractivity contribution < 1.29 is 14.3 Å². The molecule has 0 aliphatic heterocycles. The molecule has 0 unspecified atom stereocenters. The number of esters is 1. The molecule has 3 N–H and O–H groups in total. The van der Waals surface area contributed by atoms with Gasteiger partial charge in [-0.3, -0.25) is 4.79 Å². The molecule has 0 radical (unpaired) electrons. The molecule has 1 aliphatic rings. The van der Waals surface area contributed by atoms with Crippen LogP contribution in [0.4, 0.5) is 5.69 Å². The van der Waals surface area contributed by atoms with Gasteiger partial charge in [0.05, 0.1) is 17.1 Å². The van der Waals surface area contributed by atoms with Gasteiger partial charge in [-0.15, -0.1) is 0 Å². The van der Waals surface area contributed by atoms with Crippen LogP contribution in [0.25, 0.3) is 0 Å². The average molecular weight is 290 g/mol. The summed E-state index contributed by atoms with van der Waals surface area (Å²) in [6.07, 6.45) is 2.58. The maximum absolute atomic E-state index is 12.2. The van der Waals surface area contributed by atoms with Crippen LogP contribution in [0, 0.1) is 5.41 Å². The highest BCUT2D eigenvalue weighted by Crippen LogP contribution is 2.40. The molecule has 2 rings (SSSR count). The van der Waals surface area contributed by atoms with E-state index in [-0.39, 0.29) is 18.0 Å². The number of anilines is 1. The van der Waals surface area contributed by atoms with Gasteiger partial charge >= 0.3 is 5.97 Å². The Labute approximate surface area is 124 Å². The normalized spacial score (nSPS) is 16.2. The predicted octanol–water partition coefficient (Wildman–Crippen LogP) is 2.32. The van der Waals surface area contributed by atoms with Crippen LogP contribution in [0.2, 0.25) is 0 Å². The van der Waals surface area contributed by atoms with E-state index in [1.54, 1.807) is 38.1 Å². The van der Waals surface area contributed by atoms with Crippen LogP contribution in [0.5, 0.6) is 0 Å². The second-order valence-corrected chi connectivity index (χ2v) is 5.82. The molecule has 0 aromatic heterocycles. The van der Waals surface area contributed by atoms with Crippen LogP contribution in [-0.2, 0) is 9.53 Å². The number of nitrogens with two attached hydrogens (primary N) is 1. The second kappa shape index (κ2) is 6.26. The molecule has 0 saturated heterocycles. The van der Waals surface area contributed by atoms with Gasteiger partial charge in [0.1, 0.15) is 0 Å². The van der Waals surface area contributed by atoms with Crippen LogP contribution in [-0.4, -0.2) is 24.5 Å². The molecule has 5 heteroatoms. The van der Waals surface area contributed by atoms with Gasteiger partial charge in [-0.2, -0.15) is 0 Å². The highest BCUT2D eigenvalue weighted by atomic mass is 16.5. The molecular weight excluding hydrogens is 268 g/mol. The minimum absolute atomic E-state index is 0.0336. The first-order valence-corrected chi connectivity index (χ1v) is 7.29. The largest absolute Gasteiger partial charge is 0.459 e. The maximum Gasteiger partial charge on any atom is 0.338 e. The molecule has 5 nitrogen and oxygen atoms in total. The second-order valence-electron chi connectivity index (χ2n) is 5.82. The van der Waals surface area contributed by atoms with Gasteiger partial charge in [0, 0.05) is 12.2 Å². The number of amides is 1. The summed E-state index contributed by atoms with van der Waals surface area (Å²) in [6, 6.07) is 6.71. The fraction of sp³-hybridized carbons (Fsp3) is 0.500. The summed E-state index contributed by atoms with van der Waals surface area (Å²) in [4.78, 5) is 24.0. The van der Waals surface area contributed by atoms with Crippen LogP contribution < -0.4 is 11.1 Å². The summed E-state index contributed by atoms with van der Waals surface area (Å²) < 4.78 is 5.11. The third-order valence-electron chi connectivity index (χ3n) is 3.90. The first kappa shape index (κ1) is 15.5. The lowest BCUT2D eigenvalue weighted by atomic mass is 9.68. The first-order chi connectivity index (χ1) is 9.97. The number of rotatable bonds is 5. The Morgan fingerprint density at radius 3 is 2.33 bits per heavy atom. The van der Waals surface area contributed by atoms with Gasteiger partial charge < -0.3 is 15.8 Å². The Kier molecular flexibility index (Phi) is 4.63. The van der Waals surface area contributed by atoms with Crippen molar-refractivity contribution in [3.05, 3.63) is 29.8 Å². The number of hydrogen-bond acceptors (Lipinski definition) is 4. The minimum atomic E-state index is -0.407.